The number of para-hydroxylation sites is 1. The molecule has 1 aliphatic rings. The van der Waals surface area contributed by atoms with E-state index < -0.39 is 6.10 Å². The Labute approximate surface area is 207 Å². The predicted molar refractivity (Wildman–Crippen MR) is 145 cm³/mol. The molecule has 0 saturated carbocycles. The molecular weight excluding hydrogens is 418 g/mol. The summed E-state index contributed by atoms with van der Waals surface area (Å²) in [5, 5.41) is 13.1. The number of hydrogen-bond donors (Lipinski definition) is 1. The van der Waals surface area contributed by atoms with Crippen LogP contribution in [-0.4, -0.2) is 17.3 Å². The molecule has 1 aliphatic heterocycles. The van der Waals surface area contributed by atoms with Crippen molar-refractivity contribution in [2.24, 2.45) is 10.8 Å². The van der Waals surface area contributed by atoms with E-state index in [1.807, 2.05) is 0 Å². The van der Waals surface area contributed by atoms with Gasteiger partial charge in [-0.1, -0.05) is 103 Å². The van der Waals surface area contributed by atoms with Crippen molar-refractivity contribution in [1.82, 2.24) is 0 Å². The summed E-state index contributed by atoms with van der Waals surface area (Å²) in [6.07, 6.45) is 4.45. The normalized spacial score (nSPS) is 18.2. The molecule has 0 radical (unpaired) electrons. The summed E-state index contributed by atoms with van der Waals surface area (Å²) in [5.41, 5.74) is 7.15. The van der Waals surface area contributed by atoms with Gasteiger partial charge in [-0.3, -0.25) is 4.84 Å². The molecule has 2 aromatic carbocycles. The number of fused-ring (bicyclic) bond motifs is 1. The fourth-order valence-electron chi connectivity index (χ4n) is 4.90. The molecule has 0 fully saturated rings. The van der Waals surface area contributed by atoms with Crippen LogP contribution in [0, 0.1) is 24.7 Å². The molecule has 2 aromatic rings. The average Bonchev–Trinajstić information content (AvgIpc) is 2.70. The molecule has 34 heavy (non-hydrogen) atoms. The Hall–Kier alpha value is -2.10. The van der Waals surface area contributed by atoms with Crippen LogP contribution < -0.4 is 5.06 Å². The van der Waals surface area contributed by atoms with Gasteiger partial charge in [0.05, 0.1) is 17.9 Å². The SMILES string of the molecule is Cc1cc(C)c(C(C)C)c(C2C=Cc3ccccc3N2OC(CC(O)C(C)(C)C)C(C)(C)C)c1. The van der Waals surface area contributed by atoms with Crippen LogP contribution in [0.25, 0.3) is 6.08 Å². The third kappa shape index (κ3) is 5.75. The molecule has 0 spiro atoms. The summed E-state index contributed by atoms with van der Waals surface area (Å²) in [7, 11) is 0. The molecule has 0 bridgehead atoms. The molecule has 3 atom stereocenters. The lowest BCUT2D eigenvalue weighted by atomic mass is 9.79. The van der Waals surface area contributed by atoms with E-state index in [1.165, 1.54) is 22.3 Å². The van der Waals surface area contributed by atoms with Gasteiger partial charge in [0.25, 0.3) is 0 Å². The fraction of sp³-hybridized carbons (Fsp3) is 0.548. The van der Waals surface area contributed by atoms with Crippen molar-refractivity contribution in [3.63, 3.8) is 0 Å². The maximum atomic E-state index is 11.0. The summed E-state index contributed by atoms with van der Waals surface area (Å²) in [6.45, 7) is 21.8. The summed E-state index contributed by atoms with van der Waals surface area (Å²) in [4.78, 5) is 6.95. The number of anilines is 1. The number of hydroxylamine groups is 1. The Kier molecular flexibility index (Phi) is 7.70. The number of aliphatic hydroxyl groups is 1. The second-order valence-corrected chi connectivity index (χ2v) is 12.5. The molecule has 3 rings (SSSR count). The Morgan fingerprint density at radius 1 is 0.971 bits per heavy atom. The lowest BCUT2D eigenvalue weighted by molar-refractivity contribution is -0.0802. The Bertz CT molecular complexity index is 1020. The highest BCUT2D eigenvalue weighted by molar-refractivity contribution is 5.72. The number of nitrogens with zero attached hydrogens (tertiary/aromatic N) is 1. The van der Waals surface area contributed by atoms with E-state index in [1.54, 1.807) is 0 Å². The van der Waals surface area contributed by atoms with Crippen LogP contribution in [0.4, 0.5) is 5.69 Å². The van der Waals surface area contributed by atoms with Crippen LogP contribution in [0.3, 0.4) is 0 Å². The third-order valence-corrected chi connectivity index (χ3v) is 6.99. The molecule has 0 aromatic heterocycles. The van der Waals surface area contributed by atoms with Crippen LogP contribution in [0.1, 0.15) is 102 Å². The first kappa shape index (κ1) is 26.5. The van der Waals surface area contributed by atoms with Gasteiger partial charge in [-0.2, -0.15) is 0 Å². The van der Waals surface area contributed by atoms with E-state index in [-0.39, 0.29) is 23.0 Å². The maximum Gasteiger partial charge on any atom is 0.100 e. The topological polar surface area (TPSA) is 32.7 Å². The fourth-order valence-corrected chi connectivity index (χ4v) is 4.90. The van der Waals surface area contributed by atoms with Gasteiger partial charge >= 0.3 is 0 Å². The van der Waals surface area contributed by atoms with Crippen LogP contribution in [-0.2, 0) is 4.84 Å². The minimum Gasteiger partial charge on any atom is -0.392 e. The first-order valence-electron chi connectivity index (χ1n) is 12.7. The molecule has 3 unspecified atom stereocenters. The number of aryl methyl sites for hydroxylation is 2. The molecule has 0 saturated heterocycles. The highest BCUT2D eigenvalue weighted by Gasteiger charge is 2.37. The summed E-state index contributed by atoms with van der Waals surface area (Å²) >= 11 is 0. The third-order valence-electron chi connectivity index (χ3n) is 6.99. The molecule has 1 heterocycles. The van der Waals surface area contributed by atoms with E-state index in [2.05, 4.69) is 123 Å². The van der Waals surface area contributed by atoms with Crippen molar-refractivity contribution in [2.45, 2.75) is 99.8 Å². The van der Waals surface area contributed by atoms with E-state index in [0.29, 0.717) is 12.3 Å². The lowest BCUT2D eigenvalue weighted by Crippen LogP contribution is -2.43. The van der Waals surface area contributed by atoms with Crippen molar-refractivity contribution in [3.8, 4) is 0 Å². The van der Waals surface area contributed by atoms with Crippen LogP contribution in [0.2, 0.25) is 0 Å². The standard InChI is InChI=1S/C31H45NO2/c1-20(2)29-22(4)17-21(3)18-24(29)26-16-15-23-13-11-12-14-25(23)32(26)34-28(31(8,9)10)19-27(33)30(5,6)7/h11-18,20,26-28,33H,19H2,1-10H3. The van der Waals surface area contributed by atoms with Crippen LogP contribution in [0.5, 0.6) is 0 Å². The first-order valence-corrected chi connectivity index (χ1v) is 12.7. The van der Waals surface area contributed by atoms with Crippen molar-refractivity contribution in [3.05, 3.63) is 70.3 Å². The molecule has 1 N–H and O–H groups in total. The number of benzene rings is 2. The average molecular weight is 464 g/mol. The number of rotatable bonds is 6. The summed E-state index contributed by atoms with van der Waals surface area (Å²) < 4.78 is 0. The van der Waals surface area contributed by atoms with Gasteiger partial charge in [0.2, 0.25) is 0 Å². The quantitative estimate of drug-likeness (QED) is 0.469. The van der Waals surface area contributed by atoms with Crippen LogP contribution >= 0.6 is 0 Å². The van der Waals surface area contributed by atoms with Gasteiger partial charge in [0.1, 0.15) is 6.04 Å². The zero-order valence-electron chi connectivity index (χ0n) is 22.9. The highest BCUT2D eigenvalue weighted by Crippen LogP contribution is 2.43. The summed E-state index contributed by atoms with van der Waals surface area (Å²) in [5.74, 6) is 0.407. The van der Waals surface area contributed by atoms with Gasteiger partial charge in [-0.15, -0.1) is 0 Å². The molecule has 3 nitrogen and oxygen atoms in total. The molecule has 186 valence electrons. The maximum absolute atomic E-state index is 11.0. The zero-order chi connectivity index (χ0) is 25.4. The minimum absolute atomic E-state index is 0.0393. The van der Waals surface area contributed by atoms with Gasteiger partial charge < -0.3 is 5.11 Å². The Balaban J connectivity index is 2.12. The number of aliphatic hydroxyl groups excluding tert-OH is 1. The Morgan fingerprint density at radius 2 is 1.62 bits per heavy atom. The van der Waals surface area contributed by atoms with E-state index in [4.69, 9.17) is 4.84 Å². The minimum atomic E-state index is -0.460. The van der Waals surface area contributed by atoms with E-state index >= 15 is 0 Å². The highest BCUT2D eigenvalue weighted by atomic mass is 16.7. The monoisotopic (exact) mass is 463 g/mol. The molecular formula is C31H45NO2. The van der Waals surface area contributed by atoms with Crippen molar-refractivity contribution in [2.75, 3.05) is 5.06 Å². The molecule has 3 heteroatoms. The van der Waals surface area contributed by atoms with Crippen molar-refractivity contribution in [1.29, 1.82) is 0 Å². The van der Waals surface area contributed by atoms with Crippen LogP contribution in [0.15, 0.2) is 42.5 Å². The van der Waals surface area contributed by atoms with E-state index in [9.17, 15) is 5.11 Å². The predicted octanol–water partition coefficient (Wildman–Crippen LogP) is 8.14. The van der Waals surface area contributed by atoms with Crippen molar-refractivity contribution >= 4 is 11.8 Å². The van der Waals surface area contributed by atoms with Gasteiger partial charge in [0, 0.05) is 6.42 Å². The van der Waals surface area contributed by atoms with Crippen molar-refractivity contribution < 1.29 is 9.94 Å². The zero-order valence-corrected chi connectivity index (χ0v) is 22.9. The van der Waals surface area contributed by atoms with Gasteiger partial charge in [0.15, 0.2) is 0 Å². The lowest BCUT2D eigenvalue weighted by Gasteiger charge is -2.43. The second kappa shape index (κ2) is 9.87. The molecule has 0 amide bonds. The first-order chi connectivity index (χ1) is 15.7. The Morgan fingerprint density at radius 3 is 2.21 bits per heavy atom. The van der Waals surface area contributed by atoms with Gasteiger partial charge in [-0.05, 0) is 58.9 Å². The summed E-state index contributed by atoms with van der Waals surface area (Å²) in [6, 6.07) is 13.0. The second-order valence-electron chi connectivity index (χ2n) is 12.5. The van der Waals surface area contributed by atoms with E-state index in [0.717, 1.165) is 11.3 Å². The number of hydrogen-bond acceptors (Lipinski definition) is 3. The van der Waals surface area contributed by atoms with Gasteiger partial charge in [-0.25, -0.2) is 5.06 Å². The smallest absolute Gasteiger partial charge is 0.100 e. The molecule has 0 aliphatic carbocycles. The largest absolute Gasteiger partial charge is 0.392 e.